The van der Waals surface area contributed by atoms with Crippen LogP contribution in [0.15, 0.2) is 4.52 Å². The van der Waals surface area contributed by atoms with Crippen molar-refractivity contribution in [3.8, 4) is 0 Å². The summed E-state index contributed by atoms with van der Waals surface area (Å²) in [5.41, 5.74) is 0. The Hall–Kier alpha value is -0.550. The highest BCUT2D eigenvalue weighted by atomic mass is 32.2. The van der Waals surface area contributed by atoms with Gasteiger partial charge in [0.25, 0.3) is 0 Å². The summed E-state index contributed by atoms with van der Waals surface area (Å²) in [6.45, 7) is 6.56. The molecule has 1 aromatic rings. The Labute approximate surface area is 108 Å². The van der Waals surface area contributed by atoms with Crippen LogP contribution >= 0.6 is 11.8 Å². The molecule has 98 valence electrons. The molecule has 1 atom stereocenters. The molecular formula is C12H23N3OS. The summed E-state index contributed by atoms with van der Waals surface area (Å²) in [5.74, 6) is 4.12. The zero-order chi connectivity index (χ0) is 12.7. The van der Waals surface area contributed by atoms with Crippen molar-refractivity contribution >= 4 is 11.8 Å². The van der Waals surface area contributed by atoms with Gasteiger partial charge in [-0.15, -0.1) is 0 Å². The molecule has 0 radical (unpaired) electrons. The molecule has 5 heteroatoms. The third-order valence-corrected chi connectivity index (χ3v) is 3.82. The van der Waals surface area contributed by atoms with E-state index in [4.69, 9.17) is 4.52 Å². The van der Waals surface area contributed by atoms with E-state index >= 15 is 0 Å². The number of thioether (sulfide) groups is 1. The second kappa shape index (κ2) is 7.71. The SMILES string of the molecule is CCCSCc1noc(CC(NC)C(C)C)n1. The van der Waals surface area contributed by atoms with Gasteiger partial charge in [0.2, 0.25) is 5.89 Å². The van der Waals surface area contributed by atoms with Crippen LogP contribution in [0, 0.1) is 5.92 Å². The highest BCUT2D eigenvalue weighted by Crippen LogP contribution is 2.12. The lowest BCUT2D eigenvalue weighted by Crippen LogP contribution is -2.32. The summed E-state index contributed by atoms with van der Waals surface area (Å²) in [6, 6.07) is 0.395. The first-order chi connectivity index (χ1) is 8.17. The maximum absolute atomic E-state index is 5.26. The fourth-order valence-corrected chi connectivity index (χ4v) is 2.33. The van der Waals surface area contributed by atoms with E-state index in [0.717, 1.165) is 29.6 Å². The standard InChI is InChI=1S/C12H23N3OS/c1-5-6-17-8-11-14-12(16-15-11)7-10(13-4)9(2)3/h9-10,13H,5-8H2,1-4H3. The number of nitrogens with zero attached hydrogens (tertiary/aromatic N) is 2. The molecule has 0 saturated heterocycles. The smallest absolute Gasteiger partial charge is 0.228 e. The first kappa shape index (κ1) is 14.5. The average molecular weight is 257 g/mol. The Kier molecular flexibility index (Phi) is 6.58. The van der Waals surface area contributed by atoms with E-state index in [0.29, 0.717) is 12.0 Å². The third-order valence-electron chi connectivity index (χ3n) is 2.66. The zero-order valence-corrected chi connectivity index (χ0v) is 12.0. The Bertz CT molecular complexity index is 314. The Morgan fingerprint density at radius 3 is 2.76 bits per heavy atom. The molecule has 0 fully saturated rings. The van der Waals surface area contributed by atoms with Gasteiger partial charge in [0.1, 0.15) is 0 Å². The van der Waals surface area contributed by atoms with Crippen LogP contribution < -0.4 is 5.32 Å². The molecule has 0 aromatic carbocycles. The first-order valence-corrected chi connectivity index (χ1v) is 7.39. The fraction of sp³-hybridized carbons (Fsp3) is 0.833. The predicted molar refractivity (Wildman–Crippen MR) is 72.1 cm³/mol. The van der Waals surface area contributed by atoms with E-state index in [9.17, 15) is 0 Å². The van der Waals surface area contributed by atoms with E-state index < -0.39 is 0 Å². The number of aromatic nitrogens is 2. The molecule has 0 bridgehead atoms. The molecule has 0 aliphatic heterocycles. The summed E-state index contributed by atoms with van der Waals surface area (Å²) < 4.78 is 5.26. The second-order valence-corrected chi connectivity index (χ2v) is 5.61. The van der Waals surface area contributed by atoms with Crippen molar-refractivity contribution in [2.75, 3.05) is 12.8 Å². The molecule has 0 aliphatic rings. The lowest BCUT2D eigenvalue weighted by molar-refractivity contribution is 0.333. The minimum atomic E-state index is 0.395. The van der Waals surface area contributed by atoms with Gasteiger partial charge in [-0.05, 0) is 25.1 Å². The van der Waals surface area contributed by atoms with Crippen LogP contribution in [-0.4, -0.2) is 29.0 Å². The summed E-state index contributed by atoms with van der Waals surface area (Å²) >= 11 is 1.85. The Balaban J connectivity index is 2.44. The van der Waals surface area contributed by atoms with E-state index in [1.807, 2.05) is 18.8 Å². The largest absolute Gasteiger partial charge is 0.339 e. The first-order valence-electron chi connectivity index (χ1n) is 6.23. The minimum absolute atomic E-state index is 0.395. The zero-order valence-electron chi connectivity index (χ0n) is 11.2. The summed E-state index contributed by atoms with van der Waals surface area (Å²) in [7, 11) is 1.97. The van der Waals surface area contributed by atoms with Crippen LogP contribution in [0.4, 0.5) is 0 Å². The van der Waals surface area contributed by atoms with E-state index in [1.165, 1.54) is 6.42 Å². The average Bonchev–Trinajstić information content (AvgIpc) is 2.74. The number of nitrogens with one attached hydrogen (secondary N) is 1. The predicted octanol–water partition coefficient (Wildman–Crippen LogP) is 2.50. The number of likely N-dealkylation sites (N-methyl/N-ethyl adjacent to an activating group) is 1. The molecule has 1 N–H and O–H groups in total. The number of rotatable bonds is 8. The van der Waals surface area contributed by atoms with Gasteiger partial charge >= 0.3 is 0 Å². The number of hydrogen-bond donors (Lipinski definition) is 1. The van der Waals surface area contributed by atoms with Crippen molar-refractivity contribution in [1.29, 1.82) is 0 Å². The lowest BCUT2D eigenvalue weighted by atomic mass is 10.0. The number of hydrogen-bond acceptors (Lipinski definition) is 5. The van der Waals surface area contributed by atoms with Gasteiger partial charge in [-0.25, -0.2) is 0 Å². The van der Waals surface area contributed by atoms with Crippen molar-refractivity contribution in [3.63, 3.8) is 0 Å². The highest BCUT2D eigenvalue weighted by molar-refractivity contribution is 7.98. The van der Waals surface area contributed by atoms with Gasteiger partial charge < -0.3 is 9.84 Å². The van der Waals surface area contributed by atoms with E-state index in [2.05, 4.69) is 36.2 Å². The normalized spacial score (nSPS) is 13.2. The molecule has 1 rings (SSSR count). The van der Waals surface area contributed by atoms with Crippen LogP contribution in [-0.2, 0) is 12.2 Å². The topological polar surface area (TPSA) is 51.0 Å². The molecule has 1 heterocycles. The summed E-state index contributed by atoms with van der Waals surface area (Å²) in [6.07, 6.45) is 1.99. The van der Waals surface area contributed by atoms with Gasteiger partial charge in [0, 0.05) is 12.5 Å². The summed E-state index contributed by atoms with van der Waals surface area (Å²) in [5, 5.41) is 7.28. The lowest BCUT2D eigenvalue weighted by Gasteiger charge is -2.17. The monoisotopic (exact) mass is 257 g/mol. The Morgan fingerprint density at radius 1 is 1.41 bits per heavy atom. The quantitative estimate of drug-likeness (QED) is 0.725. The molecular weight excluding hydrogens is 234 g/mol. The van der Waals surface area contributed by atoms with Gasteiger partial charge in [-0.2, -0.15) is 16.7 Å². The maximum Gasteiger partial charge on any atom is 0.228 e. The third kappa shape index (κ3) is 5.08. The minimum Gasteiger partial charge on any atom is -0.339 e. The molecule has 17 heavy (non-hydrogen) atoms. The highest BCUT2D eigenvalue weighted by Gasteiger charge is 2.16. The van der Waals surface area contributed by atoms with Crippen molar-refractivity contribution in [2.24, 2.45) is 5.92 Å². The van der Waals surface area contributed by atoms with E-state index in [1.54, 1.807) is 0 Å². The van der Waals surface area contributed by atoms with Crippen molar-refractivity contribution in [1.82, 2.24) is 15.5 Å². The van der Waals surface area contributed by atoms with Gasteiger partial charge in [-0.3, -0.25) is 0 Å². The molecule has 0 saturated carbocycles. The van der Waals surface area contributed by atoms with Crippen LogP contribution in [0.2, 0.25) is 0 Å². The van der Waals surface area contributed by atoms with Crippen LogP contribution in [0.5, 0.6) is 0 Å². The van der Waals surface area contributed by atoms with Gasteiger partial charge in [-0.1, -0.05) is 25.9 Å². The summed E-state index contributed by atoms with van der Waals surface area (Å²) in [4.78, 5) is 4.41. The van der Waals surface area contributed by atoms with Crippen molar-refractivity contribution in [2.45, 2.75) is 45.4 Å². The Morgan fingerprint density at radius 2 is 2.18 bits per heavy atom. The van der Waals surface area contributed by atoms with Crippen LogP contribution in [0.3, 0.4) is 0 Å². The maximum atomic E-state index is 5.26. The second-order valence-electron chi connectivity index (χ2n) is 4.50. The van der Waals surface area contributed by atoms with Gasteiger partial charge in [0.05, 0.1) is 5.75 Å². The van der Waals surface area contributed by atoms with Gasteiger partial charge in [0.15, 0.2) is 5.82 Å². The molecule has 1 unspecified atom stereocenters. The van der Waals surface area contributed by atoms with Crippen LogP contribution in [0.25, 0.3) is 0 Å². The molecule has 0 amide bonds. The molecule has 4 nitrogen and oxygen atoms in total. The van der Waals surface area contributed by atoms with E-state index in [-0.39, 0.29) is 0 Å². The fourth-order valence-electron chi connectivity index (χ4n) is 1.60. The molecule has 0 spiro atoms. The molecule has 1 aromatic heterocycles. The van der Waals surface area contributed by atoms with Crippen molar-refractivity contribution < 1.29 is 4.52 Å². The van der Waals surface area contributed by atoms with Crippen molar-refractivity contribution in [3.05, 3.63) is 11.7 Å². The van der Waals surface area contributed by atoms with Crippen LogP contribution in [0.1, 0.15) is 38.9 Å². The molecule has 0 aliphatic carbocycles.